The van der Waals surface area contributed by atoms with Crippen molar-refractivity contribution in [3.05, 3.63) is 24.0 Å². The number of para-hydroxylation sites is 1. The lowest BCUT2D eigenvalue weighted by atomic mass is 10.2. The standard InChI is InChI=1S/C14H17F2N3O3.ClH/c1-8(17-2)7-11-18-13(22-19-11)9-5-4-6-10(20-3)12(9)21-14(15)16;/h4-6,8,14,17H,7H2,1-3H3;1H. The van der Waals surface area contributed by atoms with Crippen molar-refractivity contribution >= 4 is 12.4 Å². The fourth-order valence-corrected chi connectivity index (χ4v) is 1.88. The smallest absolute Gasteiger partial charge is 0.387 e. The van der Waals surface area contributed by atoms with Crippen LogP contribution >= 0.6 is 12.4 Å². The van der Waals surface area contributed by atoms with Crippen LogP contribution in [0.15, 0.2) is 22.7 Å². The maximum Gasteiger partial charge on any atom is 0.387 e. The molecule has 1 heterocycles. The molecule has 9 heteroatoms. The van der Waals surface area contributed by atoms with Gasteiger partial charge in [0, 0.05) is 12.5 Å². The highest BCUT2D eigenvalue weighted by Crippen LogP contribution is 2.38. The number of halogens is 3. The van der Waals surface area contributed by atoms with Gasteiger partial charge in [-0.05, 0) is 26.1 Å². The number of benzene rings is 1. The molecule has 0 radical (unpaired) electrons. The average Bonchev–Trinajstić information content (AvgIpc) is 2.95. The molecular weight excluding hydrogens is 332 g/mol. The van der Waals surface area contributed by atoms with Crippen LogP contribution in [0.4, 0.5) is 8.78 Å². The Morgan fingerprint density at radius 1 is 1.35 bits per heavy atom. The van der Waals surface area contributed by atoms with Gasteiger partial charge in [0.25, 0.3) is 5.89 Å². The van der Waals surface area contributed by atoms with Gasteiger partial charge >= 0.3 is 6.61 Å². The van der Waals surface area contributed by atoms with Crippen molar-refractivity contribution in [2.75, 3.05) is 14.2 Å². The SMILES string of the molecule is CNC(C)Cc1noc(-c2cccc(OC)c2OC(F)F)n1.Cl. The first-order chi connectivity index (χ1) is 10.5. The number of ether oxygens (including phenoxy) is 2. The topological polar surface area (TPSA) is 69.4 Å². The van der Waals surface area contributed by atoms with E-state index in [0.29, 0.717) is 12.2 Å². The molecule has 0 aliphatic carbocycles. The van der Waals surface area contributed by atoms with Crippen molar-refractivity contribution in [3.63, 3.8) is 0 Å². The maximum atomic E-state index is 12.6. The molecule has 23 heavy (non-hydrogen) atoms. The van der Waals surface area contributed by atoms with Gasteiger partial charge in [-0.1, -0.05) is 11.2 Å². The lowest BCUT2D eigenvalue weighted by Gasteiger charge is -2.12. The summed E-state index contributed by atoms with van der Waals surface area (Å²) >= 11 is 0. The summed E-state index contributed by atoms with van der Waals surface area (Å²) in [6.07, 6.45) is 0.551. The number of methoxy groups -OCH3 is 1. The second kappa shape index (κ2) is 8.64. The highest BCUT2D eigenvalue weighted by atomic mass is 35.5. The minimum atomic E-state index is -2.98. The molecule has 0 fully saturated rings. The lowest BCUT2D eigenvalue weighted by molar-refractivity contribution is -0.0508. The summed E-state index contributed by atoms with van der Waals surface area (Å²) in [5, 5.41) is 6.90. The van der Waals surface area contributed by atoms with E-state index in [4.69, 9.17) is 9.26 Å². The predicted molar refractivity (Wildman–Crippen MR) is 82.4 cm³/mol. The summed E-state index contributed by atoms with van der Waals surface area (Å²) in [5.41, 5.74) is 0.260. The van der Waals surface area contributed by atoms with Gasteiger partial charge in [0.2, 0.25) is 0 Å². The third kappa shape index (κ3) is 4.77. The summed E-state index contributed by atoms with van der Waals surface area (Å²) in [6, 6.07) is 4.86. The Morgan fingerprint density at radius 2 is 2.09 bits per heavy atom. The Balaban J connectivity index is 0.00000264. The molecule has 1 aromatic heterocycles. The number of alkyl halides is 2. The average molecular weight is 350 g/mol. The van der Waals surface area contributed by atoms with Gasteiger partial charge in [0.1, 0.15) is 0 Å². The van der Waals surface area contributed by atoms with Crippen molar-refractivity contribution in [2.24, 2.45) is 0 Å². The number of nitrogens with zero attached hydrogens (tertiary/aromatic N) is 2. The number of hydrogen-bond acceptors (Lipinski definition) is 6. The van der Waals surface area contributed by atoms with E-state index in [2.05, 4.69) is 20.2 Å². The largest absolute Gasteiger partial charge is 0.493 e. The molecule has 1 N–H and O–H groups in total. The predicted octanol–water partition coefficient (Wildman–Crippen LogP) is 2.92. The molecule has 128 valence electrons. The van der Waals surface area contributed by atoms with Gasteiger partial charge in [0.15, 0.2) is 17.3 Å². The third-order valence-corrected chi connectivity index (χ3v) is 3.09. The molecule has 0 bridgehead atoms. The van der Waals surface area contributed by atoms with Crippen molar-refractivity contribution in [1.29, 1.82) is 0 Å². The molecule has 1 aromatic carbocycles. The van der Waals surface area contributed by atoms with Gasteiger partial charge < -0.3 is 19.3 Å². The molecule has 6 nitrogen and oxygen atoms in total. The van der Waals surface area contributed by atoms with Crippen LogP contribution in [-0.4, -0.2) is 37.0 Å². The number of nitrogens with one attached hydrogen (secondary N) is 1. The molecule has 2 aromatic rings. The van der Waals surface area contributed by atoms with Crippen LogP contribution in [0.3, 0.4) is 0 Å². The maximum absolute atomic E-state index is 12.6. The molecule has 0 aliphatic rings. The molecule has 0 saturated carbocycles. The summed E-state index contributed by atoms with van der Waals surface area (Å²) < 4.78 is 39.9. The highest BCUT2D eigenvalue weighted by molar-refractivity contribution is 5.85. The second-order valence-corrected chi connectivity index (χ2v) is 4.63. The van der Waals surface area contributed by atoms with Crippen LogP contribution < -0.4 is 14.8 Å². The van der Waals surface area contributed by atoms with Crippen molar-refractivity contribution in [3.8, 4) is 23.0 Å². The Kier molecular flexibility index (Phi) is 7.18. The minimum absolute atomic E-state index is 0. The van der Waals surface area contributed by atoms with Crippen LogP contribution in [-0.2, 0) is 6.42 Å². The summed E-state index contributed by atoms with van der Waals surface area (Å²) in [7, 11) is 3.19. The van der Waals surface area contributed by atoms with Crippen LogP contribution in [0.5, 0.6) is 11.5 Å². The van der Waals surface area contributed by atoms with Gasteiger partial charge in [-0.15, -0.1) is 12.4 Å². The molecule has 0 saturated heterocycles. The van der Waals surface area contributed by atoms with E-state index >= 15 is 0 Å². The number of hydrogen-bond donors (Lipinski definition) is 1. The van der Waals surface area contributed by atoms with Gasteiger partial charge in [0.05, 0.1) is 12.7 Å². The normalized spacial score (nSPS) is 11.9. The van der Waals surface area contributed by atoms with Crippen LogP contribution in [0.1, 0.15) is 12.7 Å². The van der Waals surface area contributed by atoms with E-state index < -0.39 is 6.61 Å². The van der Waals surface area contributed by atoms with E-state index in [-0.39, 0.29) is 41.4 Å². The summed E-state index contributed by atoms with van der Waals surface area (Å²) in [4.78, 5) is 4.21. The summed E-state index contributed by atoms with van der Waals surface area (Å²) in [6.45, 7) is -1.02. The van der Waals surface area contributed by atoms with Crippen LogP contribution in [0, 0.1) is 0 Å². The lowest BCUT2D eigenvalue weighted by Crippen LogP contribution is -2.24. The van der Waals surface area contributed by atoms with Gasteiger partial charge in [-0.25, -0.2) is 0 Å². The van der Waals surface area contributed by atoms with Crippen LogP contribution in [0.2, 0.25) is 0 Å². The van der Waals surface area contributed by atoms with Gasteiger partial charge in [-0.3, -0.25) is 0 Å². The molecule has 1 atom stereocenters. The molecule has 2 rings (SSSR count). The van der Waals surface area contributed by atoms with E-state index in [1.807, 2.05) is 14.0 Å². The summed E-state index contributed by atoms with van der Waals surface area (Å²) in [5.74, 6) is 0.619. The first-order valence-electron chi connectivity index (χ1n) is 6.67. The zero-order chi connectivity index (χ0) is 16.1. The van der Waals surface area contributed by atoms with E-state index in [0.717, 1.165) is 0 Å². The molecule has 1 unspecified atom stereocenters. The fourth-order valence-electron chi connectivity index (χ4n) is 1.88. The minimum Gasteiger partial charge on any atom is -0.493 e. The Hall–Kier alpha value is -1.93. The monoisotopic (exact) mass is 349 g/mol. The van der Waals surface area contributed by atoms with E-state index in [9.17, 15) is 8.78 Å². The first-order valence-corrected chi connectivity index (χ1v) is 6.67. The molecular formula is C14H18ClF2N3O3. The Morgan fingerprint density at radius 3 is 2.70 bits per heavy atom. The van der Waals surface area contributed by atoms with Crippen molar-refractivity contribution in [1.82, 2.24) is 15.5 Å². The van der Waals surface area contributed by atoms with Crippen molar-refractivity contribution in [2.45, 2.75) is 26.0 Å². The molecule has 0 aliphatic heterocycles. The zero-order valence-corrected chi connectivity index (χ0v) is 13.7. The highest BCUT2D eigenvalue weighted by Gasteiger charge is 2.21. The molecule has 0 spiro atoms. The number of likely N-dealkylation sites (N-methyl/N-ethyl adjacent to an activating group) is 1. The first kappa shape index (κ1) is 19.1. The Bertz CT molecular complexity index is 625. The third-order valence-electron chi connectivity index (χ3n) is 3.09. The van der Waals surface area contributed by atoms with Crippen LogP contribution in [0.25, 0.3) is 11.5 Å². The molecule has 0 amide bonds. The van der Waals surface area contributed by atoms with Crippen molar-refractivity contribution < 1.29 is 22.8 Å². The zero-order valence-electron chi connectivity index (χ0n) is 12.9. The number of aromatic nitrogens is 2. The Labute approximate surface area is 138 Å². The second-order valence-electron chi connectivity index (χ2n) is 4.63. The fraction of sp³-hybridized carbons (Fsp3) is 0.429. The quantitative estimate of drug-likeness (QED) is 0.829. The van der Waals surface area contributed by atoms with E-state index in [1.54, 1.807) is 12.1 Å². The van der Waals surface area contributed by atoms with Gasteiger partial charge in [-0.2, -0.15) is 13.8 Å². The van der Waals surface area contributed by atoms with E-state index in [1.165, 1.54) is 13.2 Å². The number of rotatable bonds is 7.